The summed E-state index contributed by atoms with van der Waals surface area (Å²) in [4.78, 5) is 35.5. The van der Waals surface area contributed by atoms with E-state index in [2.05, 4.69) is 21.2 Å². The Morgan fingerprint density at radius 2 is 1.85 bits per heavy atom. The lowest BCUT2D eigenvalue weighted by molar-refractivity contribution is -0.139. The molecular weight excluding hydrogens is 448 g/mol. The molecule has 2 rings (SSSR count). The third-order valence-electron chi connectivity index (χ3n) is 4.34. The fourth-order valence-electron chi connectivity index (χ4n) is 2.60. The van der Waals surface area contributed by atoms with Crippen molar-refractivity contribution < 1.29 is 23.9 Å². The number of hydrogen-bond donors (Lipinski definition) is 3. The Morgan fingerprint density at radius 1 is 1.12 bits per heavy atom. The minimum Gasteiger partial charge on any atom is -0.493 e. The van der Waals surface area contributed by atoms with E-state index in [-0.39, 0.29) is 29.0 Å². The molecule has 0 aliphatic heterocycles. The van der Waals surface area contributed by atoms with Crippen LogP contribution in [0.3, 0.4) is 0 Å². The van der Waals surface area contributed by atoms with Gasteiger partial charge in [-0.15, -0.1) is 0 Å². The number of nitrogens with zero attached hydrogens (tertiary/aromatic N) is 1. The van der Waals surface area contributed by atoms with Gasteiger partial charge in [-0.2, -0.15) is 5.10 Å². The standard InChI is InChI=1S/C23H27ClN4O5/c1-4-5-10-25-22(30)23(31)28-26-13-16-11-18(24)21(19(12-16)32-3)33-14-20(29)27-17-8-6-15(2)7-9-17/h6-9,11-13H,4-5,10,14H2,1-3H3,(H,25,30)(H,27,29)(H,28,31)/b26-13-. The summed E-state index contributed by atoms with van der Waals surface area (Å²) in [6.07, 6.45) is 2.99. The molecule has 0 spiro atoms. The highest BCUT2D eigenvalue weighted by Gasteiger charge is 2.14. The van der Waals surface area contributed by atoms with E-state index in [0.29, 0.717) is 17.8 Å². The molecule has 0 aliphatic rings. The molecule has 9 nitrogen and oxygen atoms in total. The number of benzene rings is 2. The fourth-order valence-corrected chi connectivity index (χ4v) is 2.87. The summed E-state index contributed by atoms with van der Waals surface area (Å²) in [5, 5.41) is 9.16. The molecule has 176 valence electrons. The normalized spacial score (nSPS) is 10.5. The molecule has 0 radical (unpaired) electrons. The van der Waals surface area contributed by atoms with Gasteiger partial charge in [-0.05, 0) is 43.2 Å². The number of rotatable bonds is 10. The fraction of sp³-hybridized carbons (Fsp3) is 0.304. The number of amides is 3. The van der Waals surface area contributed by atoms with Gasteiger partial charge >= 0.3 is 11.8 Å². The SMILES string of the molecule is CCCCNC(=O)C(=O)N/N=C\c1cc(Cl)c(OCC(=O)Nc2ccc(C)cc2)c(OC)c1. The molecule has 0 saturated heterocycles. The van der Waals surface area contributed by atoms with Gasteiger partial charge in [0, 0.05) is 12.2 Å². The maximum atomic E-state index is 12.2. The molecule has 33 heavy (non-hydrogen) atoms. The van der Waals surface area contributed by atoms with E-state index in [0.717, 1.165) is 18.4 Å². The molecule has 0 fully saturated rings. The van der Waals surface area contributed by atoms with Crippen molar-refractivity contribution in [1.82, 2.24) is 10.7 Å². The summed E-state index contributed by atoms with van der Waals surface area (Å²) >= 11 is 6.29. The van der Waals surface area contributed by atoms with Crippen molar-refractivity contribution in [3.05, 3.63) is 52.5 Å². The first-order chi connectivity index (χ1) is 15.8. The van der Waals surface area contributed by atoms with Crippen LogP contribution in [0.25, 0.3) is 0 Å². The average Bonchev–Trinajstić information content (AvgIpc) is 2.79. The zero-order valence-corrected chi connectivity index (χ0v) is 19.5. The van der Waals surface area contributed by atoms with E-state index in [1.54, 1.807) is 18.2 Å². The number of carbonyl (C=O) groups is 3. The number of hydrogen-bond acceptors (Lipinski definition) is 6. The largest absolute Gasteiger partial charge is 0.493 e. The lowest BCUT2D eigenvalue weighted by Crippen LogP contribution is -2.38. The molecule has 0 aromatic heterocycles. The van der Waals surface area contributed by atoms with Crippen LogP contribution in [-0.2, 0) is 14.4 Å². The molecule has 0 aliphatic carbocycles. The first kappa shape index (κ1) is 25.7. The lowest BCUT2D eigenvalue weighted by Gasteiger charge is -2.13. The van der Waals surface area contributed by atoms with Gasteiger partial charge in [0.2, 0.25) is 0 Å². The van der Waals surface area contributed by atoms with Crippen molar-refractivity contribution in [3.63, 3.8) is 0 Å². The smallest absolute Gasteiger partial charge is 0.329 e. The first-order valence-electron chi connectivity index (χ1n) is 10.3. The van der Waals surface area contributed by atoms with Gasteiger partial charge in [-0.1, -0.05) is 42.6 Å². The van der Waals surface area contributed by atoms with Crippen LogP contribution in [0.2, 0.25) is 5.02 Å². The monoisotopic (exact) mass is 474 g/mol. The third kappa shape index (κ3) is 8.46. The molecule has 0 unspecified atom stereocenters. The summed E-state index contributed by atoms with van der Waals surface area (Å²) in [6, 6.07) is 10.4. The number of unbranched alkanes of at least 4 members (excludes halogenated alkanes) is 1. The first-order valence-corrected chi connectivity index (χ1v) is 10.7. The van der Waals surface area contributed by atoms with Crippen LogP contribution in [0.4, 0.5) is 5.69 Å². The van der Waals surface area contributed by atoms with Crippen LogP contribution in [-0.4, -0.2) is 44.2 Å². The summed E-state index contributed by atoms with van der Waals surface area (Å²) in [5.41, 5.74) is 4.37. The second-order valence-electron chi connectivity index (χ2n) is 7.05. The van der Waals surface area contributed by atoms with Crippen LogP contribution in [0, 0.1) is 6.92 Å². The molecule has 2 aromatic carbocycles. The Balaban J connectivity index is 1.95. The number of halogens is 1. The summed E-state index contributed by atoms with van der Waals surface area (Å²) in [5.74, 6) is -1.53. The maximum Gasteiger partial charge on any atom is 0.329 e. The van der Waals surface area contributed by atoms with Crippen molar-refractivity contribution in [2.45, 2.75) is 26.7 Å². The molecular formula is C23H27ClN4O5. The molecule has 0 heterocycles. The number of methoxy groups -OCH3 is 1. The zero-order chi connectivity index (χ0) is 24.2. The average molecular weight is 475 g/mol. The van der Waals surface area contributed by atoms with Gasteiger partial charge in [-0.25, -0.2) is 5.43 Å². The summed E-state index contributed by atoms with van der Waals surface area (Å²) < 4.78 is 10.9. The highest BCUT2D eigenvalue weighted by molar-refractivity contribution is 6.35. The Kier molecular flexibility index (Phi) is 10.2. The minimum absolute atomic E-state index is 0.183. The predicted octanol–water partition coefficient (Wildman–Crippen LogP) is 3.04. The molecule has 2 aromatic rings. The number of anilines is 1. The molecule has 0 bridgehead atoms. The van der Waals surface area contributed by atoms with Gasteiger partial charge in [0.15, 0.2) is 18.1 Å². The predicted molar refractivity (Wildman–Crippen MR) is 127 cm³/mol. The van der Waals surface area contributed by atoms with Crippen LogP contribution >= 0.6 is 11.6 Å². The Hall–Kier alpha value is -3.59. The Morgan fingerprint density at radius 3 is 2.52 bits per heavy atom. The number of ether oxygens (including phenoxy) is 2. The zero-order valence-electron chi connectivity index (χ0n) is 18.7. The molecule has 0 saturated carbocycles. The summed E-state index contributed by atoms with van der Waals surface area (Å²) in [6.45, 7) is 4.08. The second-order valence-corrected chi connectivity index (χ2v) is 7.45. The number of carbonyl (C=O) groups excluding carboxylic acids is 3. The highest BCUT2D eigenvalue weighted by atomic mass is 35.5. The van der Waals surface area contributed by atoms with E-state index >= 15 is 0 Å². The lowest BCUT2D eigenvalue weighted by atomic mass is 10.2. The van der Waals surface area contributed by atoms with Crippen LogP contribution in [0.15, 0.2) is 41.5 Å². The van der Waals surface area contributed by atoms with Gasteiger partial charge < -0.3 is 20.1 Å². The highest BCUT2D eigenvalue weighted by Crippen LogP contribution is 2.36. The van der Waals surface area contributed by atoms with Crippen LogP contribution < -0.4 is 25.5 Å². The van der Waals surface area contributed by atoms with Crippen molar-refractivity contribution in [1.29, 1.82) is 0 Å². The topological polar surface area (TPSA) is 118 Å². The molecule has 10 heteroatoms. The van der Waals surface area contributed by atoms with Gasteiger partial charge in [-0.3, -0.25) is 14.4 Å². The van der Waals surface area contributed by atoms with E-state index in [4.69, 9.17) is 21.1 Å². The van der Waals surface area contributed by atoms with Crippen LogP contribution in [0.1, 0.15) is 30.9 Å². The molecule has 3 amide bonds. The van der Waals surface area contributed by atoms with E-state index in [1.165, 1.54) is 19.4 Å². The quantitative estimate of drug-likeness (QED) is 0.212. The van der Waals surface area contributed by atoms with Crippen molar-refractivity contribution in [3.8, 4) is 11.5 Å². The van der Waals surface area contributed by atoms with Crippen molar-refractivity contribution in [2.75, 3.05) is 25.6 Å². The van der Waals surface area contributed by atoms with Gasteiger partial charge in [0.25, 0.3) is 5.91 Å². The van der Waals surface area contributed by atoms with Crippen molar-refractivity contribution in [2.24, 2.45) is 5.10 Å². The van der Waals surface area contributed by atoms with Crippen molar-refractivity contribution >= 4 is 41.2 Å². The molecule has 3 N–H and O–H groups in total. The minimum atomic E-state index is -0.875. The Labute approximate surface area is 197 Å². The number of nitrogens with one attached hydrogen (secondary N) is 3. The third-order valence-corrected chi connectivity index (χ3v) is 4.62. The van der Waals surface area contributed by atoms with E-state index in [9.17, 15) is 14.4 Å². The van der Waals surface area contributed by atoms with E-state index in [1.807, 2.05) is 26.0 Å². The number of aryl methyl sites for hydroxylation is 1. The summed E-state index contributed by atoms with van der Waals surface area (Å²) in [7, 11) is 1.42. The Bertz CT molecular complexity index is 1010. The van der Waals surface area contributed by atoms with Gasteiger partial charge in [0.1, 0.15) is 0 Å². The second kappa shape index (κ2) is 13.1. The molecule has 0 atom stereocenters. The van der Waals surface area contributed by atoms with Crippen LogP contribution in [0.5, 0.6) is 11.5 Å². The van der Waals surface area contributed by atoms with Gasteiger partial charge in [0.05, 0.1) is 18.3 Å². The number of hydrazone groups is 1. The van der Waals surface area contributed by atoms with E-state index < -0.39 is 11.8 Å². The maximum absolute atomic E-state index is 12.2.